The summed E-state index contributed by atoms with van der Waals surface area (Å²) in [6.07, 6.45) is 8.05. The molecule has 0 unspecified atom stereocenters. The molecule has 0 saturated heterocycles. The minimum atomic E-state index is -0.313. The molecular weight excluding hydrogens is 456 g/mol. The van der Waals surface area contributed by atoms with Gasteiger partial charge in [0.25, 0.3) is 17.8 Å². The molecule has 0 bridgehead atoms. The Hall–Kier alpha value is -4.20. The number of benzene rings is 2. The van der Waals surface area contributed by atoms with Gasteiger partial charge in [0.15, 0.2) is 5.58 Å². The highest BCUT2D eigenvalue weighted by Crippen LogP contribution is 2.30. The summed E-state index contributed by atoms with van der Waals surface area (Å²) in [5.74, 6) is 1.19. The third-order valence-electron chi connectivity index (χ3n) is 6.85. The largest absolute Gasteiger partial charge is 0.457 e. The van der Waals surface area contributed by atoms with Crippen LogP contribution in [-0.2, 0) is 6.54 Å². The van der Waals surface area contributed by atoms with E-state index in [1.165, 1.54) is 37.0 Å². The van der Waals surface area contributed by atoms with Crippen molar-refractivity contribution in [3.05, 3.63) is 77.6 Å². The van der Waals surface area contributed by atoms with Crippen LogP contribution in [0.1, 0.15) is 58.5 Å². The summed E-state index contributed by atoms with van der Waals surface area (Å²) < 4.78 is 11.9. The fraction of sp³-hybridized carbons (Fsp3) is 0.286. The first-order chi connectivity index (χ1) is 17.6. The van der Waals surface area contributed by atoms with Crippen LogP contribution in [0.5, 0.6) is 11.5 Å². The van der Waals surface area contributed by atoms with E-state index < -0.39 is 0 Å². The van der Waals surface area contributed by atoms with Gasteiger partial charge < -0.3 is 14.5 Å². The summed E-state index contributed by atoms with van der Waals surface area (Å²) in [6, 6.07) is 16.3. The number of aromatic nitrogens is 2. The van der Waals surface area contributed by atoms with Crippen molar-refractivity contribution < 1.29 is 18.7 Å². The average molecular weight is 483 g/mol. The second-order valence-electron chi connectivity index (χ2n) is 9.36. The molecule has 4 aromatic rings. The van der Waals surface area contributed by atoms with Crippen LogP contribution >= 0.6 is 0 Å². The first kappa shape index (κ1) is 22.3. The van der Waals surface area contributed by atoms with Crippen molar-refractivity contribution in [3.63, 3.8) is 0 Å². The molecule has 182 valence electrons. The predicted molar refractivity (Wildman–Crippen MR) is 134 cm³/mol. The Kier molecular flexibility index (Phi) is 5.85. The third kappa shape index (κ3) is 4.42. The monoisotopic (exact) mass is 482 g/mol. The van der Waals surface area contributed by atoms with Crippen LogP contribution in [0, 0.1) is 5.92 Å². The van der Waals surface area contributed by atoms with Gasteiger partial charge in [0.1, 0.15) is 17.0 Å². The van der Waals surface area contributed by atoms with Crippen LogP contribution in [0.15, 0.2) is 65.2 Å². The summed E-state index contributed by atoms with van der Waals surface area (Å²) in [5, 5.41) is 3.34. The van der Waals surface area contributed by atoms with Crippen molar-refractivity contribution in [2.75, 3.05) is 11.9 Å². The van der Waals surface area contributed by atoms with Crippen LogP contribution in [0.25, 0.3) is 11.1 Å². The van der Waals surface area contributed by atoms with Crippen molar-refractivity contribution in [2.45, 2.75) is 38.6 Å². The molecule has 6 rings (SSSR count). The van der Waals surface area contributed by atoms with Crippen LogP contribution in [-0.4, -0.2) is 33.2 Å². The Balaban J connectivity index is 1.13. The smallest absolute Gasteiger partial charge is 0.295 e. The molecule has 2 aromatic heterocycles. The highest BCUT2D eigenvalue weighted by Gasteiger charge is 2.35. The van der Waals surface area contributed by atoms with Crippen LogP contribution < -0.4 is 10.1 Å². The molecule has 1 saturated carbocycles. The number of carbonyl (C=O) groups excluding carboxylic acids is 2. The van der Waals surface area contributed by atoms with Crippen molar-refractivity contribution in [3.8, 4) is 11.5 Å². The molecular formula is C28H26N4O4. The normalized spacial score (nSPS) is 15.9. The van der Waals surface area contributed by atoms with E-state index in [1.807, 2.05) is 12.1 Å². The lowest BCUT2D eigenvalue weighted by Crippen LogP contribution is -2.29. The van der Waals surface area contributed by atoms with Gasteiger partial charge in [-0.05, 0) is 49.1 Å². The van der Waals surface area contributed by atoms with Gasteiger partial charge in [0.05, 0.1) is 23.4 Å². The third-order valence-corrected chi connectivity index (χ3v) is 6.85. The van der Waals surface area contributed by atoms with Gasteiger partial charge in [-0.2, -0.15) is 4.98 Å². The first-order valence-electron chi connectivity index (χ1n) is 12.4. The van der Waals surface area contributed by atoms with Gasteiger partial charge >= 0.3 is 0 Å². The number of amides is 2. The van der Waals surface area contributed by atoms with Gasteiger partial charge in [-0.1, -0.05) is 31.4 Å². The second kappa shape index (κ2) is 9.45. The molecule has 1 aliphatic heterocycles. The van der Waals surface area contributed by atoms with Crippen molar-refractivity contribution >= 4 is 28.9 Å². The molecule has 8 nitrogen and oxygen atoms in total. The Labute approximate surface area is 208 Å². The lowest BCUT2D eigenvalue weighted by atomic mass is 9.89. The Morgan fingerprint density at radius 3 is 2.47 bits per heavy atom. The van der Waals surface area contributed by atoms with E-state index in [2.05, 4.69) is 15.3 Å². The van der Waals surface area contributed by atoms with E-state index in [1.54, 1.807) is 48.7 Å². The fourth-order valence-electron chi connectivity index (χ4n) is 4.95. The molecule has 8 heteroatoms. The number of fused-ring (bicyclic) bond motifs is 2. The van der Waals surface area contributed by atoms with Gasteiger partial charge in [0.2, 0.25) is 0 Å². The number of hydrogen-bond acceptors (Lipinski definition) is 7. The highest BCUT2D eigenvalue weighted by atomic mass is 16.5. The van der Waals surface area contributed by atoms with Crippen molar-refractivity contribution in [2.24, 2.45) is 5.92 Å². The number of hydrogen-bond donors (Lipinski definition) is 1. The number of nitrogens with one attached hydrogen (secondary N) is 1. The summed E-state index contributed by atoms with van der Waals surface area (Å²) in [4.78, 5) is 35.4. The van der Waals surface area contributed by atoms with Crippen LogP contribution in [0.2, 0.25) is 0 Å². The lowest BCUT2D eigenvalue weighted by molar-refractivity contribution is 0.0640. The zero-order valence-corrected chi connectivity index (χ0v) is 19.8. The maximum atomic E-state index is 12.7. The molecule has 0 atom stereocenters. The van der Waals surface area contributed by atoms with E-state index in [-0.39, 0.29) is 18.4 Å². The molecule has 1 N–H and O–H groups in total. The van der Waals surface area contributed by atoms with Gasteiger partial charge in [-0.25, -0.2) is 0 Å². The Bertz CT molecular complexity index is 1410. The lowest BCUT2D eigenvalue weighted by Gasteiger charge is -2.21. The SMILES string of the molecule is O=C1c2ccccc2C(=O)N1Cc1cc(Oc2ccc3nc(NCC4CCCCC4)oc3c2)ccn1. The van der Waals surface area contributed by atoms with E-state index in [0.717, 1.165) is 12.1 Å². The second-order valence-corrected chi connectivity index (χ2v) is 9.36. The number of carbonyl (C=O) groups is 2. The van der Waals surface area contributed by atoms with Gasteiger partial charge in [-0.15, -0.1) is 0 Å². The average Bonchev–Trinajstić information content (AvgIpc) is 3.42. The number of oxazole rings is 1. The highest BCUT2D eigenvalue weighted by molar-refractivity contribution is 6.21. The van der Waals surface area contributed by atoms with E-state index in [0.29, 0.717) is 45.8 Å². The van der Waals surface area contributed by atoms with E-state index in [9.17, 15) is 9.59 Å². The predicted octanol–water partition coefficient (Wildman–Crippen LogP) is 5.80. The minimum Gasteiger partial charge on any atom is -0.457 e. The van der Waals surface area contributed by atoms with Crippen LogP contribution in [0.3, 0.4) is 0 Å². The molecule has 2 amide bonds. The summed E-state index contributed by atoms with van der Waals surface area (Å²) in [6.45, 7) is 0.948. The number of anilines is 1. The van der Waals surface area contributed by atoms with Crippen LogP contribution in [0.4, 0.5) is 6.01 Å². The quantitative estimate of drug-likeness (QED) is 0.332. The van der Waals surface area contributed by atoms with Gasteiger partial charge in [-0.3, -0.25) is 19.5 Å². The molecule has 0 spiro atoms. The Morgan fingerprint density at radius 2 is 1.69 bits per heavy atom. The number of nitrogens with zero attached hydrogens (tertiary/aromatic N) is 3. The zero-order chi connectivity index (χ0) is 24.5. The summed E-state index contributed by atoms with van der Waals surface area (Å²) in [5.41, 5.74) is 2.79. The molecule has 1 fully saturated rings. The number of imide groups is 1. The maximum absolute atomic E-state index is 12.7. The molecule has 36 heavy (non-hydrogen) atoms. The molecule has 3 heterocycles. The fourth-order valence-corrected chi connectivity index (χ4v) is 4.95. The number of rotatable bonds is 7. The van der Waals surface area contributed by atoms with Crippen molar-refractivity contribution in [1.82, 2.24) is 14.9 Å². The van der Waals surface area contributed by atoms with E-state index >= 15 is 0 Å². The Morgan fingerprint density at radius 1 is 0.944 bits per heavy atom. The molecule has 0 radical (unpaired) electrons. The standard InChI is InChI=1S/C28H26N4O4/c33-26-22-8-4-5-9-23(22)27(34)32(26)17-19-14-21(12-13-29-19)35-20-10-11-24-25(15-20)36-28(31-24)30-16-18-6-2-1-3-7-18/h4-5,8-15,18H,1-3,6-7,16-17H2,(H,30,31). The number of ether oxygens (including phenoxy) is 1. The topological polar surface area (TPSA) is 97.6 Å². The summed E-state index contributed by atoms with van der Waals surface area (Å²) in [7, 11) is 0. The minimum absolute atomic E-state index is 0.0701. The maximum Gasteiger partial charge on any atom is 0.295 e. The molecule has 2 aromatic carbocycles. The van der Waals surface area contributed by atoms with Crippen molar-refractivity contribution in [1.29, 1.82) is 0 Å². The molecule has 1 aliphatic carbocycles. The first-order valence-corrected chi connectivity index (χ1v) is 12.4. The van der Waals surface area contributed by atoms with Gasteiger partial charge in [0, 0.05) is 24.9 Å². The molecule has 2 aliphatic rings. The van der Waals surface area contributed by atoms with E-state index in [4.69, 9.17) is 9.15 Å². The summed E-state index contributed by atoms with van der Waals surface area (Å²) >= 11 is 0. The zero-order valence-electron chi connectivity index (χ0n) is 19.8. The number of pyridine rings is 1.